The Morgan fingerprint density at radius 1 is 1.29 bits per heavy atom. The number of hydrogen-bond donors (Lipinski definition) is 2. The van der Waals surface area contributed by atoms with Crippen LogP contribution in [0.25, 0.3) is 0 Å². The van der Waals surface area contributed by atoms with Crippen molar-refractivity contribution in [2.45, 2.75) is 70.9 Å². The summed E-state index contributed by atoms with van der Waals surface area (Å²) in [5.74, 6) is 2.75. The monoisotopic (exact) mass is 502 g/mol. The molecule has 7 heteroatoms. The number of aliphatic imine (C=N–C) groups is 1. The maximum absolute atomic E-state index is 12.0. The van der Waals surface area contributed by atoms with Crippen LogP contribution in [-0.4, -0.2) is 48.5 Å². The zero-order valence-electron chi connectivity index (χ0n) is 17.2. The molecule has 1 aliphatic heterocycles. The molecule has 1 aliphatic carbocycles. The molecule has 2 heterocycles. The first-order chi connectivity index (χ1) is 13.2. The molecule has 0 aromatic carbocycles. The van der Waals surface area contributed by atoms with Crippen LogP contribution < -0.4 is 10.6 Å². The molecule has 3 rings (SSSR count). The molecule has 2 aliphatic rings. The Kier molecular flexibility index (Phi) is 9.61. The van der Waals surface area contributed by atoms with E-state index in [9.17, 15) is 4.79 Å². The second-order valence-electron chi connectivity index (χ2n) is 7.90. The van der Waals surface area contributed by atoms with Crippen LogP contribution in [0.1, 0.15) is 58.1 Å². The van der Waals surface area contributed by atoms with Crippen LogP contribution in [0, 0.1) is 5.92 Å². The van der Waals surface area contributed by atoms with Gasteiger partial charge in [0.25, 0.3) is 0 Å². The quantitative estimate of drug-likeness (QED) is 0.355. The number of carbonyl (C=O) groups is 1. The van der Waals surface area contributed by atoms with Crippen molar-refractivity contribution >= 4 is 35.8 Å². The molecule has 2 fully saturated rings. The second-order valence-corrected chi connectivity index (χ2v) is 7.90. The molecule has 1 saturated heterocycles. The van der Waals surface area contributed by atoms with Crippen LogP contribution in [0.5, 0.6) is 0 Å². The molecule has 0 radical (unpaired) electrons. The predicted molar refractivity (Wildman–Crippen MR) is 123 cm³/mol. The average molecular weight is 502 g/mol. The maximum atomic E-state index is 12.0. The summed E-state index contributed by atoms with van der Waals surface area (Å²) >= 11 is 0. The van der Waals surface area contributed by atoms with E-state index in [0.717, 1.165) is 37.7 Å². The maximum Gasteiger partial charge on any atom is 0.222 e. The summed E-state index contributed by atoms with van der Waals surface area (Å²) < 4.78 is 5.41. The third kappa shape index (κ3) is 6.67. The van der Waals surface area contributed by atoms with Crippen LogP contribution in [0.2, 0.25) is 0 Å². The summed E-state index contributed by atoms with van der Waals surface area (Å²) in [5.41, 5.74) is 0. The lowest BCUT2D eigenvalue weighted by atomic mass is 9.86. The van der Waals surface area contributed by atoms with Crippen LogP contribution in [0.3, 0.4) is 0 Å². The van der Waals surface area contributed by atoms with Crippen LogP contribution in [-0.2, 0) is 11.2 Å². The number of halogens is 1. The van der Waals surface area contributed by atoms with Crippen LogP contribution in [0.4, 0.5) is 0 Å². The lowest BCUT2D eigenvalue weighted by Gasteiger charge is -2.31. The fraction of sp³-hybridized carbons (Fsp3) is 0.714. The summed E-state index contributed by atoms with van der Waals surface area (Å²) in [5, 5.41) is 7.26. The minimum absolute atomic E-state index is 0. The van der Waals surface area contributed by atoms with E-state index < -0.39 is 0 Å². The van der Waals surface area contributed by atoms with Crippen molar-refractivity contribution < 1.29 is 9.21 Å². The molecule has 3 atom stereocenters. The number of rotatable bonds is 6. The molecule has 3 unspecified atom stereocenters. The fourth-order valence-corrected chi connectivity index (χ4v) is 4.09. The van der Waals surface area contributed by atoms with Crippen LogP contribution in [0.15, 0.2) is 27.8 Å². The van der Waals surface area contributed by atoms with E-state index in [-0.39, 0.29) is 35.9 Å². The highest BCUT2D eigenvalue weighted by atomic mass is 127. The number of nitrogens with one attached hydrogen (secondary N) is 2. The highest BCUT2D eigenvalue weighted by Gasteiger charge is 2.27. The van der Waals surface area contributed by atoms with Gasteiger partial charge in [0.05, 0.1) is 6.26 Å². The SMILES string of the molecule is CCC(=O)N1CCC(NC(=NCCc2ccco2)NC2CCCCC2C)C1.I. The first-order valence-electron chi connectivity index (χ1n) is 10.5. The van der Waals surface area contributed by atoms with Crippen molar-refractivity contribution in [2.24, 2.45) is 10.9 Å². The van der Waals surface area contributed by atoms with E-state index in [1.807, 2.05) is 24.0 Å². The largest absolute Gasteiger partial charge is 0.469 e. The molecule has 1 aromatic heterocycles. The standard InChI is InChI=1S/C21H34N4O2.HI/c1-3-20(26)25-13-11-17(15-25)23-21(22-12-10-18-8-6-14-27-18)24-19-9-5-4-7-16(19)2;/h6,8,14,16-17,19H,3-5,7,9-13,15H2,1-2H3,(H2,22,23,24);1H. The Hall–Kier alpha value is -1.25. The van der Waals surface area contributed by atoms with Gasteiger partial charge in [-0.1, -0.05) is 26.7 Å². The van der Waals surface area contributed by atoms with Gasteiger partial charge in [-0.25, -0.2) is 0 Å². The summed E-state index contributed by atoms with van der Waals surface area (Å²) in [4.78, 5) is 18.7. The van der Waals surface area contributed by atoms with Crippen molar-refractivity contribution in [3.05, 3.63) is 24.2 Å². The van der Waals surface area contributed by atoms with Gasteiger partial charge in [-0.2, -0.15) is 0 Å². The molecule has 6 nitrogen and oxygen atoms in total. The Labute approximate surface area is 185 Å². The van der Waals surface area contributed by atoms with Gasteiger partial charge < -0.3 is 20.0 Å². The Balaban J connectivity index is 0.00000280. The third-order valence-corrected chi connectivity index (χ3v) is 5.83. The number of carbonyl (C=O) groups excluding carboxylic acids is 1. The minimum Gasteiger partial charge on any atom is -0.469 e. The molecule has 0 spiro atoms. The molecular weight excluding hydrogens is 467 g/mol. The first kappa shape index (κ1) is 23.0. The van der Waals surface area contributed by atoms with E-state index in [2.05, 4.69) is 17.6 Å². The van der Waals surface area contributed by atoms with E-state index in [4.69, 9.17) is 9.41 Å². The number of furan rings is 1. The summed E-state index contributed by atoms with van der Waals surface area (Å²) in [7, 11) is 0. The molecule has 0 bridgehead atoms. The Bertz CT molecular complexity index is 620. The van der Waals surface area contributed by atoms with Gasteiger partial charge in [-0.05, 0) is 37.3 Å². The van der Waals surface area contributed by atoms with Gasteiger partial charge in [-0.3, -0.25) is 9.79 Å². The highest BCUT2D eigenvalue weighted by molar-refractivity contribution is 14.0. The summed E-state index contributed by atoms with van der Waals surface area (Å²) in [6, 6.07) is 4.65. The van der Waals surface area contributed by atoms with Gasteiger partial charge >= 0.3 is 0 Å². The van der Waals surface area contributed by atoms with E-state index in [1.165, 1.54) is 25.7 Å². The van der Waals surface area contributed by atoms with Crippen molar-refractivity contribution in [3.63, 3.8) is 0 Å². The summed E-state index contributed by atoms with van der Waals surface area (Å²) in [6.45, 7) is 6.55. The topological polar surface area (TPSA) is 69.9 Å². The zero-order valence-corrected chi connectivity index (χ0v) is 19.5. The molecule has 28 heavy (non-hydrogen) atoms. The van der Waals surface area contributed by atoms with Gasteiger partial charge in [0, 0.05) is 44.6 Å². The van der Waals surface area contributed by atoms with E-state index >= 15 is 0 Å². The lowest BCUT2D eigenvalue weighted by Crippen LogP contribution is -2.51. The number of amides is 1. The number of likely N-dealkylation sites (tertiary alicyclic amines) is 1. The zero-order chi connectivity index (χ0) is 19.1. The lowest BCUT2D eigenvalue weighted by molar-refractivity contribution is -0.129. The van der Waals surface area contributed by atoms with Crippen molar-refractivity contribution in [2.75, 3.05) is 19.6 Å². The highest BCUT2D eigenvalue weighted by Crippen LogP contribution is 2.23. The normalized spacial score (nSPS) is 25.3. The van der Waals surface area contributed by atoms with Gasteiger partial charge in [0.15, 0.2) is 5.96 Å². The molecule has 2 N–H and O–H groups in total. The first-order valence-corrected chi connectivity index (χ1v) is 10.5. The number of guanidine groups is 1. The second kappa shape index (κ2) is 11.7. The van der Waals surface area contributed by atoms with E-state index in [1.54, 1.807) is 6.26 Å². The van der Waals surface area contributed by atoms with Crippen molar-refractivity contribution in [1.29, 1.82) is 0 Å². The smallest absolute Gasteiger partial charge is 0.222 e. The minimum atomic E-state index is 0. The van der Waals surface area contributed by atoms with Gasteiger partial charge in [0.1, 0.15) is 5.76 Å². The molecule has 158 valence electrons. The van der Waals surface area contributed by atoms with Gasteiger partial charge in [-0.15, -0.1) is 24.0 Å². The van der Waals surface area contributed by atoms with Crippen molar-refractivity contribution in [3.8, 4) is 0 Å². The van der Waals surface area contributed by atoms with Crippen LogP contribution >= 0.6 is 24.0 Å². The summed E-state index contributed by atoms with van der Waals surface area (Å²) in [6.07, 6.45) is 9.14. The Morgan fingerprint density at radius 2 is 2.11 bits per heavy atom. The molecule has 1 amide bonds. The Morgan fingerprint density at radius 3 is 2.82 bits per heavy atom. The molecule has 1 saturated carbocycles. The van der Waals surface area contributed by atoms with E-state index in [0.29, 0.717) is 24.9 Å². The third-order valence-electron chi connectivity index (χ3n) is 5.83. The van der Waals surface area contributed by atoms with Crippen molar-refractivity contribution in [1.82, 2.24) is 15.5 Å². The predicted octanol–water partition coefficient (Wildman–Crippen LogP) is 3.56. The number of nitrogens with zero attached hydrogens (tertiary/aromatic N) is 2. The molecular formula is C21H35IN4O2. The fourth-order valence-electron chi connectivity index (χ4n) is 4.09. The number of hydrogen-bond acceptors (Lipinski definition) is 3. The average Bonchev–Trinajstić information content (AvgIpc) is 3.35. The molecule has 1 aromatic rings. The van der Waals surface area contributed by atoms with Gasteiger partial charge in [0.2, 0.25) is 5.91 Å².